The maximum Gasteiger partial charge on any atom is 0.273 e. The Bertz CT molecular complexity index is 903. The molecule has 9 heteroatoms. The van der Waals surface area contributed by atoms with Gasteiger partial charge in [0.05, 0.1) is 26.3 Å². The van der Waals surface area contributed by atoms with Gasteiger partial charge in [-0.1, -0.05) is 17.7 Å². The fourth-order valence-corrected chi connectivity index (χ4v) is 4.82. The second kappa shape index (κ2) is 10.9. The minimum atomic E-state index is -0.0621. The number of likely N-dealkylation sites (tertiary alicyclic amines) is 1. The second-order valence-electron chi connectivity index (χ2n) is 8.50. The van der Waals surface area contributed by atoms with Gasteiger partial charge in [0, 0.05) is 30.1 Å². The van der Waals surface area contributed by atoms with Crippen molar-refractivity contribution in [2.24, 2.45) is 5.92 Å². The number of morpholine rings is 1. The molecule has 32 heavy (non-hydrogen) atoms. The predicted octanol–water partition coefficient (Wildman–Crippen LogP) is 1.08. The third-order valence-electron chi connectivity index (χ3n) is 6.16. The van der Waals surface area contributed by atoms with Crippen molar-refractivity contribution in [3.63, 3.8) is 0 Å². The lowest BCUT2D eigenvalue weighted by Gasteiger charge is -2.31. The molecule has 0 spiro atoms. The summed E-state index contributed by atoms with van der Waals surface area (Å²) in [6.45, 7) is 8.48. The lowest BCUT2D eigenvalue weighted by molar-refractivity contribution is -0.906. The van der Waals surface area contributed by atoms with E-state index in [4.69, 9.17) is 4.74 Å². The molecule has 0 saturated carbocycles. The number of quaternary nitrogens is 1. The monoisotopic (exact) mass is 458 g/mol. The number of carbonyl (C=O) groups is 2. The fraction of sp³-hybridized carbons (Fsp3) is 0.522. The normalized spacial score (nSPS) is 17.8. The molecule has 2 aromatic rings. The maximum atomic E-state index is 12.9. The van der Waals surface area contributed by atoms with Gasteiger partial charge in [-0.3, -0.25) is 9.59 Å². The Morgan fingerprint density at radius 1 is 1.19 bits per heavy atom. The smallest absolute Gasteiger partial charge is 0.273 e. The number of thiazole rings is 1. The fourth-order valence-electron chi connectivity index (χ4n) is 4.11. The summed E-state index contributed by atoms with van der Waals surface area (Å²) in [6.07, 6.45) is 1.39. The molecule has 0 radical (unpaired) electrons. The summed E-state index contributed by atoms with van der Waals surface area (Å²) in [5, 5.41) is 8.83. The summed E-state index contributed by atoms with van der Waals surface area (Å²) < 4.78 is 5.37. The van der Waals surface area contributed by atoms with Crippen molar-refractivity contribution in [2.45, 2.75) is 19.8 Å². The van der Waals surface area contributed by atoms with E-state index in [9.17, 15) is 9.59 Å². The molecule has 172 valence electrons. The van der Waals surface area contributed by atoms with Gasteiger partial charge in [-0.15, -0.1) is 11.3 Å². The zero-order valence-corrected chi connectivity index (χ0v) is 19.4. The Kier molecular flexibility index (Phi) is 7.72. The van der Waals surface area contributed by atoms with E-state index in [0.717, 1.165) is 38.5 Å². The summed E-state index contributed by atoms with van der Waals surface area (Å²) >= 11 is 1.42. The summed E-state index contributed by atoms with van der Waals surface area (Å²) in [4.78, 5) is 33.1. The van der Waals surface area contributed by atoms with E-state index in [1.165, 1.54) is 21.8 Å². The van der Waals surface area contributed by atoms with Crippen molar-refractivity contribution in [3.8, 4) is 0 Å². The van der Waals surface area contributed by atoms with Crippen LogP contribution in [-0.2, 0) is 9.53 Å². The Balaban J connectivity index is 1.20. The van der Waals surface area contributed by atoms with Crippen molar-refractivity contribution in [2.75, 3.05) is 57.8 Å². The Hall–Kier alpha value is -2.49. The molecule has 0 unspecified atom stereocenters. The van der Waals surface area contributed by atoms with Crippen molar-refractivity contribution in [3.05, 3.63) is 40.9 Å². The van der Waals surface area contributed by atoms with E-state index in [2.05, 4.69) is 15.6 Å². The van der Waals surface area contributed by atoms with Gasteiger partial charge in [0.15, 0.2) is 5.13 Å². The second-order valence-corrected chi connectivity index (χ2v) is 9.36. The SMILES string of the molecule is Cc1ccc(Nc2nc(C(=O)N3CCC(C(=O)NCC[NH+]4CCOCC4)CC3)cs2)cc1. The first-order chi connectivity index (χ1) is 15.6. The van der Waals surface area contributed by atoms with Crippen LogP contribution in [0.3, 0.4) is 0 Å². The van der Waals surface area contributed by atoms with E-state index in [1.807, 2.05) is 36.1 Å². The van der Waals surface area contributed by atoms with Gasteiger partial charge in [-0.25, -0.2) is 4.98 Å². The van der Waals surface area contributed by atoms with Gasteiger partial charge in [-0.05, 0) is 31.9 Å². The lowest BCUT2D eigenvalue weighted by atomic mass is 9.95. The Morgan fingerprint density at radius 2 is 1.91 bits per heavy atom. The minimum Gasteiger partial charge on any atom is -0.370 e. The summed E-state index contributed by atoms with van der Waals surface area (Å²) in [5.41, 5.74) is 2.60. The molecule has 4 rings (SSSR count). The van der Waals surface area contributed by atoms with E-state index >= 15 is 0 Å². The van der Waals surface area contributed by atoms with Crippen molar-refractivity contribution in [1.29, 1.82) is 0 Å². The van der Waals surface area contributed by atoms with Crippen molar-refractivity contribution < 1.29 is 19.2 Å². The molecule has 3 N–H and O–H groups in total. The number of amides is 2. The Labute approximate surface area is 193 Å². The number of hydrogen-bond acceptors (Lipinski definition) is 6. The van der Waals surface area contributed by atoms with Gasteiger partial charge in [0.2, 0.25) is 5.91 Å². The molecule has 3 heterocycles. The molecule has 0 atom stereocenters. The van der Waals surface area contributed by atoms with Gasteiger partial charge in [0.25, 0.3) is 5.91 Å². The number of rotatable bonds is 7. The highest BCUT2D eigenvalue weighted by molar-refractivity contribution is 7.14. The van der Waals surface area contributed by atoms with Crippen LogP contribution in [0.2, 0.25) is 0 Å². The zero-order valence-electron chi connectivity index (χ0n) is 18.6. The highest BCUT2D eigenvalue weighted by Crippen LogP contribution is 2.24. The number of aryl methyl sites for hydroxylation is 1. The molecule has 2 fully saturated rings. The first kappa shape index (κ1) is 22.7. The number of nitrogens with one attached hydrogen (secondary N) is 3. The number of benzene rings is 1. The van der Waals surface area contributed by atoms with Crippen LogP contribution in [0.25, 0.3) is 0 Å². The average Bonchev–Trinajstić information content (AvgIpc) is 3.29. The molecule has 2 aliphatic heterocycles. The highest BCUT2D eigenvalue weighted by Gasteiger charge is 2.29. The number of carbonyl (C=O) groups excluding carboxylic acids is 2. The summed E-state index contributed by atoms with van der Waals surface area (Å²) in [6, 6.07) is 8.06. The maximum absolute atomic E-state index is 12.9. The lowest BCUT2D eigenvalue weighted by Crippen LogP contribution is -3.14. The van der Waals surface area contributed by atoms with E-state index in [1.54, 1.807) is 5.38 Å². The number of nitrogens with zero attached hydrogens (tertiary/aromatic N) is 2. The molecule has 0 bridgehead atoms. The largest absolute Gasteiger partial charge is 0.370 e. The molecule has 2 aliphatic rings. The van der Waals surface area contributed by atoms with E-state index in [0.29, 0.717) is 43.3 Å². The first-order valence-electron chi connectivity index (χ1n) is 11.4. The molecule has 8 nitrogen and oxygen atoms in total. The van der Waals surface area contributed by atoms with Crippen molar-refractivity contribution in [1.82, 2.24) is 15.2 Å². The highest BCUT2D eigenvalue weighted by atomic mass is 32.1. The van der Waals surface area contributed by atoms with Gasteiger partial charge >= 0.3 is 0 Å². The van der Waals surface area contributed by atoms with Crippen molar-refractivity contribution >= 4 is 34.0 Å². The number of piperidine rings is 1. The van der Waals surface area contributed by atoms with E-state index in [-0.39, 0.29) is 17.7 Å². The first-order valence-corrected chi connectivity index (χ1v) is 12.2. The van der Waals surface area contributed by atoms with E-state index < -0.39 is 0 Å². The molecular weight excluding hydrogens is 426 g/mol. The molecule has 0 aliphatic carbocycles. The third-order valence-corrected chi connectivity index (χ3v) is 6.91. The van der Waals surface area contributed by atoms with Crippen LogP contribution in [-0.4, -0.2) is 74.2 Å². The van der Waals surface area contributed by atoms with Gasteiger partial charge in [-0.2, -0.15) is 0 Å². The number of aromatic nitrogens is 1. The predicted molar refractivity (Wildman–Crippen MR) is 125 cm³/mol. The van der Waals surface area contributed by atoms with Gasteiger partial charge in [0.1, 0.15) is 18.8 Å². The van der Waals surface area contributed by atoms with Crippen LogP contribution in [0.4, 0.5) is 10.8 Å². The molecule has 1 aromatic heterocycles. The number of hydrogen-bond donors (Lipinski definition) is 3. The van der Waals surface area contributed by atoms with Crippen LogP contribution >= 0.6 is 11.3 Å². The quantitative estimate of drug-likeness (QED) is 0.578. The average molecular weight is 459 g/mol. The molecule has 2 saturated heterocycles. The van der Waals surface area contributed by atoms with Gasteiger partial charge < -0.3 is 25.2 Å². The van der Waals surface area contributed by atoms with Crippen LogP contribution in [0.5, 0.6) is 0 Å². The standard InChI is InChI=1S/C23H31N5O3S/c1-17-2-4-19(5-3-17)25-23-26-20(16-32-23)22(30)28-9-6-18(7-10-28)21(29)24-8-11-27-12-14-31-15-13-27/h2-5,16,18H,6-15H2,1H3,(H,24,29)(H,25,26)/p+1. The van der Waals surface area contributed by atoms with Crippen LogP contribution in [0.15, 0.2) is 29.6 Å². The summed E-state index contributed by atoms with van der Waals surface area (Å²) in [7, 11) is 0. The number of anilines is 2. The van der Waals surface area contributed by atoms with Crippen LogP contribution in [0.1, 0.15) is 28.9 Å². The molecule has 2 amide bonds. The number of ether oxygens (including phenoxy) is 1. The zero-order chi connectivity index (χ0) is 22.3. The molecule has 1 aromatic carbocycles. The molecular formula is C23H32N5O3S+. The summed E-state index contributed by atoms with van der Waals surface area (Å²) in [5.74, 6) is 0.0314. The Morgan fingerprint density at radius 3 is 2.62 bits per heavy atom. The van der Waals surface area contributed by atoms with Crippen LogP contribution in [0, 0.1) is 12.8 Å². The van der Waals surface area contributed by atoms with Crippen LogP contribution < -0.4 is 15.5 Å². The topological polar surface area (TPSA) is 88.0 Å². The third kappa shape index (κ3) is 6.05. The minimum absolute atomic E-state index is 0.0204.